The van der Waals surface area contributed by atoms with Crippen LogP contribution in [0.2, 0.25) is 0 Å². The molecule has 0 heterocycles. The van der Waals surface area contributed by atoms with E-state index in [1.165, 1.54) is 12.1 Å². The van der Waals surface area contributed by atoms with E-state index in [4.69, 9.17) is 0 Å². The number of sulfone groups is 1. The molecular formula is C10H15O5PS. The summed E-state index contributed by atoms with van der Waals surface area (Å²) in [5.41, 5.74) is 0.293. The van der Waals surface area contributed by atoms with Crippen LogP contribution in [0.1, 0.15) is 5.56 Å². The molecule has 0 amide bonds. The molecule has 0 fully saturated rings. The highest BCUT2D eigenvalue weighted by atomic mass is 32.2. The SMILES string of the molecule is COP(=O)(CS(=O)(=O)c1ccc(C)cc1)OC. The lowest BCUT2D eigenvalue weighted by Crippen LogP contribution is -2.09. The first-order valence-corrected chi connectivity index (χ1v) is 8.21. The molecule has 0 atom stereocenters. The number of benzene rings is 1. The van der Waals surface area contributed by atoms with E-state index < -0.39 is 22.9 Å². The number of hydrogen-bond donors (Lipinski definition) is 0. The van der Waals surface area contributed by atoms with E-state index in [1.807, 2.05) is 6.92 Å². The van der Waals surface area contributed by atoms with Crippen LogP contribution in [0.15, 0.2) is 29.2 Å². The lowest BCUT2D eigenvalue weighted by atomic mass is 10.2. The average Bonchev–Trinajstić information content (AvgIpc) is 2.29. The van der Waals surface area contributed by atoms with E-state index in [9.17, 15) is 13.0 Å². The topological polar surface area (TPSA) is 69.7 Å². The smallest absolute Gasteiger partial charge is 0.311 e. The van der Waals surface area contributed by atoms with Gasteiger partial charge < -0.3 is 9.05 Å². The van der Waals surface area contributed by atoms with Crippen molar-refractivity contribution in [3.05, 3.63) is 29.8 Å². The number of rotatable bonds is 5. The van der Waals surface area contributed by atoms with E-state index in [1.54, 1.807) is 12.1 Å². The van der Waals surface area contributed by atoms with Gasteiger partial charge in [0.15, 0.2) is 15.3 Å². The minimum Gasteiger partial charge on any atom is -0.311 e. The molecule has 1 aromatic rings. The zero-order chi connectivity index (χ0) is 13.1. The van der Waals surface area contributed by atoms with Gasteiger partial charge >= 0.3 is 7.60 Å². The molecule has 0 aliphatic rings. The Morgan fingerprint density at radius 3 is 2.00 bits per heavy atom. The zero-order valence-corrected chi connectivity index (χ0v) is 11.6. The average molecular weight is 278 g/mol. The third-order valence-corrected chi connectivity index (χ3v) is 6.99. The normalized spacial score (nSPS) is 12.6. The summed E-state index contributed by atoms with van der Waals surface area (Å²) in [6, 6.07) is 6.30. The van der Waals surface area contributed by atoms with E-state index in [2.05, 4.69) is 9.05 Å². The predicted molar refractivity (Wildman–Crippen MR) is 64.9 cm³/mol. The highest BCUT2D eigenvalue weighted by Gasteiger charge is 2.30. The second-order valence-electron chi connectivity index (χ2n) is 3.53. The third-order valence-electron chi connectivity index (χ3n) is 2.26. The maximum absolute atomic E-state index is 11.9. The molecule has 0 bridgehead atoms. The summed E-state index contributed by atoms with van der Waals surface area (Å²) < 4.78 is 44.9. The molecule has 0 aromatic heterocycles. The summed E-state index contributed by atoms with van der Waals surface area (Å²) in [7, 11) is -4.92. The third kappa shape index (κ3) is 3.64. The Labute approximate surface area is 101 Å². The lowest BCUT2D eigenvalue weighted by molar-refractivity contribution is 0.280. The first-order valence-electron chi connectivity index (χ1n) is 4.83. The molecule has 0 saturated carbocycles. The Morgan fingerprint density at radius 2 is 1.59 bits per heavy atom. The van der Waals surface area contributed by atoms with Gasteiger partial charge in [-0.3, -0.25) is 4.57 Å². The maximum Gasteiger partial charge on any atom is 0.345 e. The number of aryl methyl sites for hydroxylation is 1. The van der Waals surface area contributed by atoms with Crippen molar-refractivity contribution in [2.45, 2.75) is 11.8 Å². The van der Waals surface area contributed by atoms with Crippen LogP contribution in [0.5, 0.6) is 0 Å². The summed E-state index contributed by atoms with van der Waals surface area (Å²) in [6.45, 7) is 1.85. The van der Waals surface area contributed by atoms with Crippen LogP contribution in [-0.4, -0.2) is 28.1 Å². The van der Waals surface area contributed by atoms with Crippen LogP contribution >= 0.6 is 7.60 Å². The van der Waals surface area contributed by atoms with Crippen LogP contribution in [-0.2, 0) is 23.4 Å². The summed E-state index contributed by atoms with van der Waals surface area (Å²) >= 11 is 0. The van der Waals surface area contributed by atoms with Gasteiger partial charge in [-0.25, -0.2) is 8.42 Å². The lowest BCUT2D eigenvalue weighted by Gasteiger charge is -2.13. The fourth-order valence-corrected chi connectivity index (χ4v) is 5.01. The van der Waals surface area contributed by atoms with E-state index in [-0.39, 0.29) is 4.90 Å². The Morgan fingerprint density at radius 1 is 1.12 bits per heavy atom. The van der Waals surface area contributed by atoms with Gasteiger partial charge in [-0.05, 0) is 19.1 Å². The van der Waals surface area contributed by atoms with Crippen molar-refractivity contribution >= 4 is 17.4 Å². The Balaban J connectivity index is 3.05. The minimum atomic E-state index is -3.67. The van der Waals surface area contributed by atoms with Gasteiger partial charge in [0.2, 0.25) is 0 Å². The molecule has 0 unspecified atom stereocenters. The van der Waals surface area contributed by atoms with Crippen LogP contribution in [0.3, 0.4) is 0 Å². The second-order valence-corrected chi connectivity index (χ2v) is 8.22. The molecule has 7 heteroatoms. The minimum absolute atomic E-state index is 0.109. The highest BCUT2D eigenvalue weighted by Crippen LogP contribution is 2.48. The van der Waals surface area contributed by atoms with E-state index in [0.29, 0.717) is 0 Å². The van der Waals surface area contributed by atoms with Crippen molar-refractivity contribution < 1.29 is 22.0 Å². The van der Waals surface area contributed by atoms with Crippen molar-refractivity contribution in [3.8, 4) is 0 Å². The zero-order valence-electron chi connectivity index (χ0n) is 9.91. The molecule has 1 aromatic carbocycles. The predicted octanol–water partition coefficient (Wildman–Crippen LogP) is 2.21. The van der Waals surface area contributed by atoms with Crippen LogP contribution in [0, 0.1) is 6.92 Å². The van der Waals surface area contributed by atoms with Crippen LogP contribution < -0.4 is 0 Å². The Hall–Kier alpha value is -0.680. The molecule has 0 saturated heterocycles. The van der Waals surface area contributed by atoms with Gasteiger partial charge in [0.25, 0.3) is 0 Å². The Kier molecular flexibility index (Phi) is 4.49. The molecule has 0 radical (unpaired) electrons. The first-order chi connectivity index (χ1) is 7.83. The summed E-state index contributed by atoms with van der Waals surface area (Å²) in [4.78, 5) is 0.109. The molecule has 96 valence electrons. The summed E-state index contributed by atoms with van der Waals surface area (Å²) in [5, 5.41) is 0. The molecule has 17 heavy (non-hydrogen) atoms. The standard InChI is InChI=1S/C10H15O5PS/c1-9-4-6-10(7-5-9)17(12,13)8-16(11,14-2)15-3/h4-7H,8H2,1-3H3. The number of hydrogen-bond acceptors (Lipinski definition) is 5. The fraction of sp³-hybridized carbons (Fsp3) is 0.400. The summed E-state index contributed by atoms with van der Waals surface area (Å²) in [6.07, 6.45) is 0. The monoisotopic (exact) mass is 278 g/mol. The first kappa shape index (κ1) is 14.4. The highest BCUT2D eigenvalue weighted by molar-refractivity contribution is 7.97. The molecule has 0 N–H and O–H groups in total. The molecular weight excluding hydrogens is 263 g/mol. The molecule has 0 spiro atoms. The summed E-state index contributed by atoms with van der Waals surface area (Å²) in [5.74, 6) is 0. The van der Waals surface area contributed by atoms with Crippen molar-refractivity contribution in [2.24, 2.45) is 0 Å². The quantitative estimate of drug-likeness (QED) is 0.772. The largest absolute Gasteiger partial charge is 0.345 e. The van der Waals surface area contributed by atoms with Crippen molar-refractivity contribution in [1.82, 2.24) is 0 Å². The van der Waals surface area contributed by atoms with Gasteiger partial charge in [0.1, 0.15) is 0 Å². The second kappa shape index (κ2) is 5.31. The van der Waals surface area contributed by atoms with Crippen molar-refractivity contribution in [3.63, 3.8) is 0 Å². The molecule has 0 aliphatic heterocycles. The van der Waals surface area contributed by atoms with Crippen molar-refractivity contribution in [1.29, 1.82) is 0 Å². The van der Waals surface area contributed by atoms with Gasteiger partial charge in [-0.2, -0.15) is 0 Å². The van der Waals surface area contributed by atoms with E-state index >= 15 is 0 Å². The molecule has 1 rings (SSSR count). The van der Waals surface area contributed by atoms with Crippen LogP contribution in [0.4, 0.5) is 0 Å². The maximum atomic E-state index is 11.9. The van der Waals surface area contributed by atoms with Crippen molar-refractivity contribution in [2.75, 3.05) is 19.7 Å². The van der Waals surface area contributed by atoms with Gasteiger partial charge in [-0.15, -0.1) is 0 Å². The molecule has 5 nitrogen and oxygen atoms in total. The van der Waals surface area contributed by atoms with Crippen LogP contribution in [0.25, 0.3) is 0 Å². The van der Waals surface area contributed by atoms with Gasteiger partial charge in [0.05, 0.1) is 4.90 Å². The van der Waals surface area contributed by atoms with E-state index in [0.717, 1.165) is 19.8 Å². The molecule has 0 aliphatic carbocycles. The van der Waals surface area contributed by atoms with Gasteiger partial charge in [0, 0.05) is 14.2 Å². The van der Waals surface area contributed by atoms with Gasteiger partial charge in [-0.1, -0.05) is 17.7 Å². The Bertz CT molecular complexity index is 512. The fourth-order valence-electron chi connectivity index (χ4n) is 1.21.